The zero-order valence-corrected chi connectivity index (χ0v) is 16.8. The Hall–Kier alpha value is -2.64. The van der Waals surface area contributed by atoms with Crippen molar-refractivity contribution in [2.45, 2.75) is 32.0 Å². The lowest BCUT2D eigenvalue weighted by atomic mass is 10.1. The van der Waals surface area contributed by atoms with E-state index in [1.807, 2.05) is 38.1 Å². The van der Waals surface area contributed by atoms with Gasteiger partial charge in [-0.1, -0.05) is 36.0 Å². The molecule has 0 saturated carbocycles. The highest BCUT2D eigenvalue weighted by molar-refractivity contribution is 7.99. The molecular formula is C21H23N3O3S. The summed E-state index contributed by atoms with van der Waals surface area (Å²) in [6.45, 7) is 4.30. The highest BCUT2D eigenvalue weighted by atomic mass is 32.2. The number of para-hydroxylation sites is 1. The number of nitrogens with zero attached hydrogens (tertiary/aromatic N) is 2. The minimum Gasteiger partial charge on any atom is -0.396 e. The number of carbonyl (C=O) groups is 1. The van der Waals surface area contributed by atoms with Gasteiger partial charge in [0.05, 0.1) is 16.7 Å². The van der Waals surface area contributed by atoms with Crippen LogP contribution < -0.4 is 10.9 Å². The zero-order valence-electron chi connectivity index (χ0n) is 15.9. The molecule has 6 nitrogen and oxygen atoms in total. The largest absolute Gasteiger partial charge is 0.396 e. The van der Waals surface area contributed by atoms with Gasteiger partial charge in [0.2, 0.25) is 5.91 Å². The number of thioether (sulfide) groups is 1. The average Bonchev–Trinajstić information content (AvgIpc) is 2.69. The summed E-state index contributed by atoms with van der Waals surface area (Å²) in [7, 11) is 0. The first-order valence-corrected chi connectivity index (χ1v) is 10.1. The van der Waals surface area contributed by atoms with E-state index in [1.165, 1.54) is 16.3 Å². The van der Waals surface area contributed by atoms with E-state index in [1.54, 1.807) is 18.2 Å². The van der Waals surface area contributed by atoms with Gasteiger partial charge in [-0.25, -0.2) is 4.98 Å². The first-order valence-electron chi connectivity index (χ1n) is 9.10. The normalized spacial score (nSPS) is 11.0. The second-order valence-corrected chi connectivity index (χ2v) is 7.47. The Morgan fingerprint density at radius 3 is 2.75 bits per heavy atom. The van der Waals surface area contributed by atoms with Crippen molar-refractivity contribution in [3.8, 4) is 0 Å². The molecular weight excluding hydrogens is 374 g/mol. The molecule has 3 aromatic rings. The van der Waals surface area contributed by atoms with E-state index < -0.39 is 0 Å². The summed E-state index contributed by atoms with van der Waals surface area (Å²) in [5.41, 5.74) is 3.38. The molecule has 0 aliphatic heterocycles. The molecule has 1 amide bonds. The van der Waals surface area contributed by atoms with Crippen LogP contribution in [0.5, 0.6) is 0 Å². The third-order valence-corrected chi connectivity index (χ3v) is 5.55. The fourth-order valence-corrected chi connectivity index (χ4v) is 3.71. The number of aromatic nitrogens is 2. The standard InChI is InChI=1S/C21H23N3O3S/c1-14-7-5-10-17(15(14)2)22-19(26)13-28-21-23-18-9-4-3-8-16(18)20(27)24(21)11-6-12-25/h3-5,7-10,25H,6,11-13H2,1-2H3,(H,22,26). The number of rotatable bonds is 7. The maximum atomic E-state index is 12.8. The summed E-state index contributed by atoms with van der Waals surface area (Å²) in [5, 5.41) is 13.1. The summed E-state index contributed by atoms with van der Waals surface area (Å²) in [6.07, 6.45) is 0.447. The number of hydrogen-bond donors (Lipinski definition) is 2. The molecule has 0 radical (unpaired) electrons. The molecule has 0 fully saturated rings. The van der Waals surface area contributed by atoms with Crippen molar-refractivity contribution in [1.29, 1.82) is 0 Å². The van der Waals surface area contributed by atoms with Gasteiger partial charge in [0.25, 0.3) is 5.56 Å². The summed E-state index contributed by atoms with van der Waals surface area (Å²) >= 11 is 1.22. The van der Waals surface area contributed by atoms with Crippen LogP contribution in [-0.2, 0) is 11.3 Å². The van der Waals surface area contributed by atoms with E-state index in [0.29, 0.717) is 29.0 Å². The molecule has 0 bridgehead atoms. The van der Waals surface area contributed by atoms with Crippen molar-refractivity contribution in [3.05, 3.63) is 63.9 Å². The minimum atomic E-state index is -0.158. The second kappa shape index (κ2) is 9.03. The number of benzene rings is 2. The van der Waals surface area contributed by atoms with Crippen molar-refractivity contribution in [2.75, 3.05) is 17.7 Å². The van der Waals surface area contributed by atoms with Crippen LogP contribution in [0.4, 0.5) is 5.69 Å². The van der Waals surface area contributed by atoms with Crippen molar-refractivity contribution < 1.29 is 9.90 Å². The highest BCUT2D eigenvalue weighted by Crippen LogP contribution is 2.21. The topological polar surface area (TPSA) is 84.2 Å². The summed E-state index contributed by atoms with van der Waals surface area (Å²) in [6, 6.07) is 12.9. The number of aliphatic hydroxyl groups is 1. The lowest BCUT2D eigenvalue weighted by Gasteiger charge is -2.13. The molecule has 1 aromatic heterocycles. The Kier molecular flexibility index (Phi) is 6.49. The van der Waals surface area contributed by atoms with Crippen LogP contribution in [-0.4, -0.2) is 32.9 Å². The van der Waals surface area contributed by atoms with Crippen molar-refractivity contribution in [3.63, 3.8) is 0 Å². The maximum absolute atomic E-state index is 12.8. The van der Waals surface area contributed by atoms with Gasteiger partial charge in [0.1, 0.15) is 0 Å². The number of hydrogen-bond acceptors (Lipinski definition) is 5. The second-order valence-electron chi connectivity index (χ2n) is 6.53. The monoisotopic (exact) mass is 397 g/mol. The van der Waals surface area contributed by atoms with E-state index in [-0.39, 0.29) is 23.8 Å². The third kappa shape index (κ3) is 4.43. The lowest BCUT2D eigenvalue weighted by Crippen LogP contribution is -2.25. The Morgan fingerprint density at radius 1 is 1.18 bits per heavy atom. The Balaban J connectivity index is 1.81. The van der Waals surface area contributed by atoms with Gasteiger partial charge < -0.3 is 10.4 Å². The van der Waals surface area contributed by atoms with Gasteiger partial charge in [0, 0.05) is 18.8 Å². The van der Waals surface area contributed by atoms with Crippen molar-refractivity contribution >= 4 is 34.3 Å². The smallest absolute Gasteiger partial charge is 0.262 e. The van der Waals surface area contributed by atoms with Gasteiger partial charge in [-0.15, -0.1) is 0 Å². The van der Waals surface area contributed by atoms with Crippen LogP contribution in [0.2, 0.25) is 0 Å². The van der Waals surface area contributed by atoms with Crippen LogP contribution in [0.1, 0.15) is 17.5 Å². The van der Waals surface area contributed by atoms with Gasteiger partial charge in [-0.3, -0.25) is 14.2 Å². The van der Waals surface area contributed by atoms with Gasteiger partial charge in [0.15, 0.2) is 5.16 Å². The van der Waals surface area contributed by atoms with E-state index >= 15 is 0 Å². The third-order valence-electron chi connectivity index (χ3n) is 4.58. The van der Waals surface area contributed by atoms with E-state index in [9.17, 15) is 9.59 Å². The molecule has 146 valence electrons. The molecule has 0 aliphatic carbocycles. The molecule has 28 heavy (non-hydrogen) atoms. The maximum Gasteiger partial charge on any atom is 0.262 e. The van der Waals surface area contributed by atoms with Crippen LogP contribution in [0.15, 0.2) is 52.4 Å². The predicted molar refractivity (Wildman–Crippen MR) is 113 cm³/mol. The summed E-state index contributed by atoms with van der Waals surface area (Å²) < 4.78 is 1.54. The molecule has 0 spiro atoms. The summed E-state index contributed by atoms with van der Waals surface area (Å²) in [5.74, 6) is -0.0214. The molecule has 2 N–H and O–H groups in total. The van der Waals surface area contributed by atoms with Crippen molar-refractivity contribution in [1.82, 2.24) is 9.55 Å². The molecule has 3 rings (SSSR count). The fourth-order valence-electron chi connectivity index (χ4n) is 2.89. The van der Waals surface area contributed by atoms with Crippen LogP contribution in [0, 0.1) is 13.8 Å². The average molecular weight is 398 g/mol. The number of fused-ring (bicyclic) bond motifs is 1. The number of nitrogens with one attached hydrogen (secondary N) is 1. The minimum absolute atomic E-state index is 0.0174. The lowest BCUT2D eigenvalue weighted by molar-refractivity contribution is -0.113. The predicted octanol–water partition coefficient (Wildman–Crippen LogP) is 3.13. The Bertz CT molecular complexity index is 1060. The van der Waals surface area contributed by atoms with E-state index in [0.717, 1.165) is 16.8 Å². The van der Waals surface area contributed by atoms with Gasteiger partial charge in [-0.05, 0) is 49.6 Å². The molecule has 0 aliphatic rings. The fraction of sp³-hybridized carbons (Fsp3) is 0.286. The number of amides is 1. The van der Waals surface area contributed by atoms with Crippen LogP contribution in [0.3, 0.4) is 0 Å². The molecule has 0 saturated heterocycles. The van der Waals surface area contributed by atoms with Crippen molar-refractivity contribution in [2.24, 2.45) is 0 Å². The first kappa shape index (κ1) is 20.1. The Labute approximate surface area is 167 Å². The van der Waals surface area contributed by atoms with Gasteiger partial charge >= 0.3 is 0 Å². The van der Waals surface area contributed by atoms with Crippen LogP contribution in [0.25, 0.3) is 10.9 Å². The number of carbonyl (C=O) groups excluding carboxylic acids is 1. The molecule has 0 atom stereocenters. The molecule has 7 heteroatoms. The van der Waals surface area contributed by atoms with Crippen LogP contribution >= 0.6 is 11.8 Å². The Morgan fingerprint density at radius 2 is 1.96 bits per heavy atom. The SMILES string of the molecule is Cc1cccc(NC(=O)CSc2nc3ccccc3c(=O)n2CCCO)c1C. The molecule has 0 unspecified atom stereocenters. The highest BCUT2D eigenvalue weighted by Gasteiger charge is 2.13. The van der Waals surface area contributed by atoms with E-state index in [2.05, 4.69) is 10.3 Å². The molecule has 1 heterocycles. The van der Waals surface area contributed by atoms with E-state index in [4.69, 9.17) is 5.11 Å². The number of aryl methyl sites for hydroxylation is 1. The quantitative estimate of drug-likeness (QED) is 0.473. The van der Waals surface area contributed by atoms with Gasteiger partial charge in [-0.2, -0.15) is 0 Å². The summed E-state index contributed by atoms with van der Waals surface area (Å²) in [4.78, 5) is 29.8. The molecule has 2 aromatic carbocycles. The first-order chi connectivity index (χ1) is 13.5. The number of aliphatic hydroxyl groups excluding tert-OH is 1. The zero-order chi connectivity index (χ0) is 20.1. The number of anilines is 1.